The Morgan fingerprint density at radius 3 is 2.84 bits per heavy atom. The molecular weight excluding hydrogens is 344 g/mol. The molecule has 2 atom stereocenters. The highest BCUT2D eigenvalue weighted by Gasteiger charge is 2.34. The van der Waals surface area contributed by atoms with Gasteiger partial charge in [0, 0.05) is 30.6 Å². The number of piperidine rings is 1. The number of hydrogen-bond donors (Lipinski definition) is 2. The molecule has 1 amide bonds. The molecule has 1 aromatic rings. The maximum absolute atomic E-state index is 12.3. The van der Waals surface area contributed by atoms with Gasteiger partial charge in [0.1, 0.15) is 5.76 Å². The third-order valence-electron chi connectivity index (χ3n) is 4.85. The number of rotatable bonds is 7. The molecule has 0 aromatic carbocycles. The van der Waals surface area contributed by atoms with Crippen LogP contribution in [0.2, 0.25) is 0 Å². The normalized spacial score (nSPS) is 25.0. The van der Waals surface area contributed by atoms with E-state index in [2.05, 4.69) is 10.5 Å². The minimum Gasteiger partial charge on any atom is -0.360 e. The van der Waals surface area contributed by atoms with Gasteiger partial charge in [0.05, 0.1) is 5.75 Å². The fourth-order valence-corrected chi connectivity index (χ4v) is 5.08. The smallest absolute Gasteiger partial charge is 0.273 e. The number of aromatic nitrogens is 1. The molecule has 8 nitrogen and oxygen atoms in total. The van der Waals surface area contributed by atoms with E-state index in [1.165, 1.54) is 4.31 Å². The van der Waals surface area contributed by atoms with Gasteiger partial charge in [0.2, 0.25) is 10.0 Å². The molecule has 2 aliphatic rings. The summed E-state index contributed by atoms with van der Waals surface area (Å²) in [5, 5.41) is 6.80. The fraction of sp³-hybridized carbons (Fsp3) is 0.750. The molecule has 1 aromatic heterocycles. The average Bonchev–Trinajstić information content (AvgIpc) is 3.29. The van der Waals surface area contributed by atoms with Gasteiger partial charge in [-0.05, 0) is 45.6 Å². The van der Waals surface area contributed by atoms with Crippen molar-refractivity contribution >= 4 is 15.9 Å². The lowest BCUT2D eigenvalue weighted by Crippen LogP contribution is -2.51. The standard InChI is InChI=1S/C16H26N4O4S/c1-11-9-13(5-7-20(11)25(22,23)8-2-6-17)18-16(21)14-10-15(24-19-14)12-3-4-12/h10-13H,2-9,17H2,1H3,(H,18,21)/t11-,13+/m0/s1. The summed E-state index contributed by atoms with van der Waals surface area (Å²) in [6, 6.07) is 1.49. The Balaban J connectivity index is 1.54. The predicted octanol–water partition coefficient (Wildman–Crippen LogP) is 0.813. The van der Waals surface area contributed by atoms with Crippen molar-refractivity contribution in [2.24, 2.45) is 5.73 Å². The SMILES string of the molecule is C[C@H]1C[C@H](NC(=O)c2cc(C3CC3)on2)CCN1S(=O)(=O)CCCN. The van der Waals surface area contributed by atoms with Crippen molar-refractivity contribution in [2.45, 2.75) is 57.0 Å². The van der Waals surface area contributed by atoms with Gasteiger partial charge in [0.15, 0.2) is 5.69 Å². The first-order valence-electron chi connectivity index (χ1n) is 8.87. The highest BCUT2D eigenvalue weighted by atomic mass is 32.2. The first-order valence-corrected chi connectivity index (χ1v) is 10.5. The molecule has 3 N–H and O–H groups in total. The van der Waals surface area contributed by atoms with Crippen LogP contribution in [-0.2, 0) is 10.0 Å². The second kappa shape index (κ2) is 7.43. The molecule has 2 heterocycles. The summed E-state index contributed by atoms with van der Waals surface area (Å²) < 4.78 is 31.4. The Morgan fingerprint density at radius 1 is 1.44 bits per heavy atom. The number of carbonyl (C=O) groups is 1. The Kier molecular flexibility index (Phi) is 5.45. The third-order valence-corrected chi connectivity index (χ3v) is 6.92. The molecule has 0 bridgehead atoms. The molecule has 1 saturated heterocycles. The van der Waals surface area contributed by atoms with Gasteiger partial charge in [-0.3, -0.25) is 4.79 Å². The predicted molar refractivity (Wildman–Crippen MR) is 92.6 cm³/mol. The van der Waals surface area contributed by atoms with E-state index in [9.17, 15) is 13.2 Å². The summed E-state index contributed by atoms with van der Waals surface area (Å²) >= 11 is 0. The maximum atomic E-state index is 12.3. The van der Waals surface area contributed by atoms with Gasteiger partial charge in [0.25, 0.3) is 5.91 Å². The zero-order chi connectivity index (χ0) is 18.0. The van der Waals surface area contributed by atoms with Gasteiger partial charge in [-0.15, -0.1) is 0 Å². The second-order valence-electron chi connectivity index (χ2n) is 7.00. The molecule has 0 spiro atoms. The number of nitrogens with one attached hydrogen (secondary N) is 1. The van der Waals surface area contributed by atoms with E-state index in [0.717, 1.165) is 18.6 Å². The number of amides is 1. The molecule has 1 aliphatic carbocycles. The molecule has 0 unspecified atom stereocenters. The first kappa shape index (κ1) is 18.3. The first-order chi connectivity index (χ1) is 11.9. The van der Waals surface area contributed by atoms with Gasteiger partial charge in [-0.1, -0.05) is 5.16 Å². The van der Waals surface area contributed by atoms with Crippen LogP contribution in [0, 0.1) is 0 Å². The molecule has 1 aliphatic heterocycles. The summed E-state index contributed by atoms with van der Waals surface area (Å²) in [7, 11) is -3.28. The Bertz CT molecular complexity index is 713. The number of sulfonamides is 1. The largest absolute Gasteiger partial charge is 0.360 e. The van der Waals surface area contributed by atoms with Crippen molar-refractivity contribution in [3.63, 3.8) is 0 Å². The van der Waals surface area contributed by atoms with Crippen molar-refractivity contribution < 1.29 is 17.7 Å². The molecule has 2 fully saturated rings. The molecule has 1 saturated carbocycles. The molecule has 0 radical (unpaired) electrons. The summed E-state index contributed by atoms with van der Waals surface area (Å²) in [4.78, 5) is 12.3. The minimum atomic E-state index is -3.28. The van der Waals surface area contributed by atoms with Crippen molar-refractivity contribution in [1.82, 2.24) is 14.8 Å². The third kappa shape index (κ3) is 4.39. The Labute approximate surface area is 148 Å². The monoisotopic (exact) mass is 370 g/mol. The zero-order valence-corrected chi connectivity index (χ0v) is 15.3. The Morgan fingerprint density at radius 2 is 2.20 bits per heavy atom. The number of nitrogens with two attached hydrogens (primary N) is 1. The van der Waals surface area contributed by atoms with E-state index < -0.39 is 10.0 Å². The molecule has 140 valence electrons. The van der Waals surface area contributed by atoms with E-state index in [1.54, 1.807) is 6.07 Å². The van der Waals surface area contributed by atoms with Gasteiger partial charge in [-0.25, -0.2) is 8.42 Å². The quantitative estimate of drug-likeness (QED) is 0.733. The topological polar surface area (TPSA) is 119 Å². The molecule has 3 rings (SSSR count). The summed E-state index contributed by atoms with van der Waals surface area (Å²) in [6.07, 6.45) is 3.81. The number of hydrogen-bond acceptors (Lipinski definition) is 6. The maximum Gasteiger partial charge on any atom is 0.273 e. The molecule has 25 heavy (non-hydrogen) atoms. The molecular formula is C16H26N4O4S. The van der Waals surface area contributed by atoms with Crippen LogP contribution in [0.4, 0.5) is 0 Å². The van der Waals surface area contributed by atoms with Crippen LogP contribution >= 0.6 is 0 Å². The van der Waals surface area contributed by atoms with Crippen LogP contribution < -0.4 is 11.1 Å². The van der Waals surface area contributed by atoms with Crippen LogP contribution in [0.25, 0.3) is 0 Å². The zero-order valence-electron chi connectivity index (χ0n) is 14.5. The van der Waals surface area contributed by atoms with Crippen LogP contribution in [-0.4, -0.2) is 54.7 Å². The van der Waals surface area contributed by atoms with Gasteiger partial charge < -0.3 is 15.6 Å². The van der Waals surface area contributed by atoms with E-state index in [0.29, 0.717) is 44.0 Å². The summed E-state index contributed by atoms with van der Waals surface area (Å²) in [5.41, 5.74) is 5.71. The van der Waals surface area contributed by atoms with Crippen molar-refractivity contribution in [2.75, 3.05) is 18.8 Å². The Hall–Kier alpha value is -1.45. The van der Waals surface area contributed by atoms with E-state index in [4.69, 9.17) is 10.3 Å². The average molecular weight is 370 g/mol. The van der Waals surface area contributed by atoms with Crippen LogP contribution in [0.3, 0.4) is 0 Å². The lowest BCUT2D eigenvalue weighted by Gasteiger charge is -2.36. The minimum absolute atomic E-state index is 0.0652. The van der Waals surface area contributed by atoms with Crippen LogP contribution in [0.1, 0.15) is 61.2 Å². The van der Waals surface area contributed by atoms with Gasteiger partial charge in [-0.2, -0.15) is 4.31 Å². The lowest BCUT2D eigenvalue weighted by molar-refractivity contribution is 0.0905. The highest BCUT2D eigenvalue weighted by Crippen LogP contribution is 2.40. The highest BCUT2D eigenvalue weighted by molar-refractivity contribution is 7.89. The van der Waals surface area contributed by atoms with Crippen LogP contribution in [0.15, 0.2) is 10.6 Å². The van der Waals surface area contributed by atoms with Crippen molar-refractivity contribution in [3.05, 3.63) is 17.5 Å². The molecule has 9 heteroatoms. The number of carbonyl (C=O) groups excluding carboxylic acids is 1. The second-order valence-corrected chi connectivity index (χ2v) is 9.04. The van der Waals surface area contributed by atoms with E-state index in [-0.39, 0.29) is 23.7 Å². The summed E-state index contributed by atoms with van der Waals surface area (Å²) in [5.74, 6) is 1.01. The van der Waals surface area contributed by atoms with Crippen LogP contribution in [0.5, 0.6) is 0 Å². The van der Waals surface area contributed by atoms with E-state index in [1.807, 2.05) is 6.92 Å². The van der Waals surface area contributed by atoms with E-state index >= 15 is 0 Å². The van der Waals surface area contributed by atoms with Crippen molar-refractivity contribution in [1.29, 1.82) is 0 Å². The van der Waals surface area contributed by atoms with Gasteiger partial charge >= 0.3 is 0 Å². The van der Waals surface area contributed by atoms with Crippen molar-refractivity contribution in [3.8, 4) is 0 Å². The number of nitrogens with zero attached hydrogens (tertiary/aromatic N) is 2. The fourth-order valence-electron chi connectivity index (χ4n) is 3.29. The summed E-state index contributed by atoms with van der Waals surface area (Å²) in [6.45, 7) is 2.64. The lowest BCUT2D eigenvalue weighted by atomic mass is 10.0.